The summed E-state index contributed by atoms with van der Waals surface area (Å²) in [7, 11) is -1.37. The Morgan fingerprint density at radius 2 is 2.00 bits per heavy atom. The van der Waals surface area contributed by atoms with Crippen LogP contribution in [-0.2, 0) is 4.43 Å². The van der Waals surface area contributed by atoms with E-state index in [0.717, 1.165) is 19.5 Å². The van der Waals surface area contributed by atoms with Crippen molar-refractivity contribution in [3.05, 3.63) is 11.3 Å². The van der Waals surface area contributed by atoms with E-state index in [4.69, 9.17) is 4.43 Å². The van der Waals surface area contributed by atoms with Gasteiger partial charge < -0.3 is 9.74 Å². The Morgan fingerprint density at radius 3 is 2.50 bits per heavy atom. The Balaban J connectivity index is 2.61. The Hall–Kier alpha value is -0.283. The molecule has 12 heavy (non-hydrogen) atoms. The molecule has 3 heteroatoms. The molecule has 0 fully saturated rings. The van der Waals surface area contributed by atoms with Gasteiger partial charge in [0, 0.05) is 19.5 Å². The summed E-state index contributed by atoms with van der Waals surface area (Å²) in [4.78, 5) is 0. The molecule has 0 spiro atoms. The van der Waals surface area contributed by atoms with E-state index in [1.165, 1.54) is 11.3 Å². The highest BCUT2D eigenvalue weighted by atomic mass is 28.4. The summed E-state index contributed by atoms with van der Waals surface area (Å²) in [5, 5.41) is 3.33. The standard InChI is InChI=1S/C9H19NOSi/c1-8-7-10-6-5-9(8)11-12(2,3)4/h10H,5-7H2,1-4H3. The molecule has 1 rings (SSSR count). The van der Waals surface area contributed by atoms with E-state index in [1.807, 2.05) is 0 Å². The van der Waals surface area contributed by atoms with E-state index >= 15 is 0 Å². The second kappa shape index (κ2) is 3.62. The first-order valence-corrected chi connectivity index (χ1v) is 7.98. The topological polar surface area (TPSA) is 21.3 Å². The fourth-order valence-corrected chi connectivity index (χ4v) is 2.31. The van der Waals surface area contributed by atoms with Crippen LogP contribution in [-0.4, -0.2) is 21.4 Å². The third-order valence-corrected chi connectivity index (χ3v) is 2.68. The van der Waals surface area contributed by atoms with Crippen LogP contribution in [0.4, 0.5) is 0 Å². The summed E-state index contributed by atoms with van der Waals surface area (Å²) >= 11 is 0. The molecule has 1 aliphatic rings. The Morgan fingerprint density at radius 1 is 1.33 bits per heavy atom. The fourth-order valence-electron chi connectivity index (χ4n) is 1.30. The van der Waals surface area contributed by atoms with E-state index < -0.39 is 8.32 Å². The van der Waals surface area contributed by atoms with Gasteiger partial charge in [0.25, 0.3) is 0 Å². The zero-order valence-corrected chi connectivity index (χ0v) is 9.53. The lowest BCUT2D eigenvalue weighted by Crippen LogP contribution is -2.31. The van der Waals surface area contributed by atoms with Crippen LogP contribution >= 0.6 is 0 Å². The maximum Gasteiger partial charge on any atom is 0.241 e. The fraction of sp³-hybridized carbons (Fsp3) is 0.778. The number of rotatable bonds is 2. The van der Waals surface area contributed by atoms with Crippen molar-refractivity contribution >= 4 is 8.32 Å². The van der Waals surface area contributed by atoms with Crippen molar-refractivity contribution in [3.63, 3.8) is 0 Å². The average molecular weight is 185 g/mol. The van der Waals surface area contributed by atoms with Crippen LogP contribution < -0.4 is 5.32 Å². The zero-order chi connectivity index (χ0) is 9.19. The van der Waals surface area contributed by atoms with Crippen molar-refractivity contribution in [1.82, 2.24) is 5.32 Å². The van der Waals surface area contributed by atoms with Crippen molar-refractivity contribution in [3.8, 4) is 0 Å². The molecule has 0 aromatic heterocycles. The maximum atomic E-state index is 5.97. The van der Waals surface area contributed by atoms with Crippen LogP contribution in [0.15, 0.2) is 11.3 Å². The van der Waals surface area contributed by atoms with Crippen molar-refractivity contribution in [1.29, 1.82) is 0 Å². The zero-order valence-electron chi connectivity index (χ0n) is 8.53. The minimum Gasteiger partial charge on any atom is -0.547 e. The van der Waals surface area contributed by atoms with Crippen LogP contribution in [0.1, 0.15) is 13.3 Å². The third kappa shape index (κ3) is 2.99. The summed E-state index contributed by atoms with van der Waals surface area (Å²) in [6.07, 6.45) is 1.07. The van der Waals surface area contributed by atoms with E-state index in [9.17, 15) is 0 Å². The molecule has 0 saturated heterocycles. The highest BCUT2D eigenvalue weighted by molar-refractivity contribution is 6.70. The van der Waals surface area contributed by atoms with Crippen molar-refractivity contribution in [2.24, 2.45) is 0 Å². The number of hydrogen-bond donors (Lipinski definition) is 1. The Labute approximate surface area is 76.1 Å². The first kappa shape index (κ1) is 9.80. The second-order valence-electron chi connectivity index (χ2n) is 4.34. The van der Waals surface area contributed by atoms with Crippen LogP contribution in [0, 0.1) is 0 Å². The van der Waals surface area contributed by atoms with Gasteiger partial charge in [-0.25, -0.2) is 0 Å². The van der Waals surface area contributed by atoms with E-state index in [2.05, 4.69) is 31.9 Å². The first-order valence-electron chi connectivity index (χ1n) is 4.57. The molecule has 1 N–H and O–H groups in total. The lowest BCUT2D eigenvalue weighted by atomic mass is 10.1. The average Bonchev–Trinajstić information content (AvgIpc) is 1.91. The monoisotopic (exact) mass is 185 g/mol. The van der Waals surface area contributed by atoms with E-state index in [0.29, 0.717) is 0 Å². The van der Waals surface area contributed by atoms with Crippen LogP contribution in [0.3, 0.4) is 0 Å². The van der Waals surface area contributed by atoms with Gasteiger partial charge in [-0.3, -0.25) is 0 Å². The molecule has 0 aliphatic carbocycles. The molecule has 0 bridgehead atoms. The van der Waals surface area contributed by atoms with E-state index in [-0.39, 0.29) is 0 Å². The van der Waals surface area contributed by atoms with Gasteiger partial charge in [-0.1, -0.05) is 0 Å². The molecule has 70 valence electrons. The minimum absolute atomic E-state index is 1.000. The van der Waals surface area contributed by atoms with Crippen LogP contribution in [0.2, 0.25) is 19.6 Å². The van der Waals surface area contributed by atoms with Crippen molar-refractivity contribution in [2.45, 2.75) is 33.0 Å². The first-order chi connectivity index (χ1) is 5.49. The number of nitrogens with one attached hydrogen (secondary N) is 1. The molecule has 0 atom stereocenters. The van der Waals surface area contributed by atoms with Gasteiger partial charge in [0.1, 0.15) is 0 Å². The second-order valence-corrected chi connectivity index (χ2v) is 8.77. The molecule has 0 amide bonds. The molecule has 1 heterocycles. The lowest BCUT2D eigenvalue weighted by molar-refractivity contribution is 0.375. The Kier molecular flexibility index (Phi) is 2.96. The number of hydrogen-bond acceptors (Lipinski definition) is 2. The van der Waals surface area contributed by atoms with Gasteiger partial charge in [-0.05, 0) is 32.1 Å². The normalized spacial score (nSPS) is 19.7. The van der Waals surface area contributed by atoms with Crippen molar-refractivity contribution < 1.29 is 4.43 Å². The molecule has 0 saturated carbocycles. The Bertz CT molecular complexity index is 193. The summed E-state index contributed by atoms with van der Waals surface area (Å²) in [6.45, 7) is 10.9. The third-order valence-electron chi connectivity index (χ3n) is 1.82. The molecule has 0 unspecified atom stereocenters. The van der Waals surface area contributed by atoms with E-state index in [1.54, 1.807) is 0 Å². The van der Waals surface area contributed by atoms with Crippen molar-refractivity contribution in [2.75, 3.05) is 13.1 Å². The molecular weight excluding hydrogens is 166 g/mol. The van der Waals surface area contributed by atoms with Gasteiger partial charge in [-0.15, -0.1) is 0 Å². The minimum atomic E-state index is -1.37. The van der Waals surface area contributed by atoms with Gasteiger partial charge >= 0.3 is 0 Å². The maximum absolute atomic E-state index is 5.97. The molecule has 1 aliphatic heterocycles. The molecule has 0 aromatic carbocycles. The predicted molar refractivity (Wildman–Crippen MR) is 54.6 cm³/mol. The highest BCUT2D eigenvalue weighted by Crippen LogP contribution is 2.18. The molecular formula is C9H19NOSi. The molecule has 0 radical (unpaired) electrons. The quantitative estimate of drug-likeness (QED) is 0.665. The van der Waals surface area contributed by atoms with Crippen LogP contribution in [0.25, 0.3) is 0 Å². The SMILES string of the molecule is CC1=C(O[Si](C)(C)C)CCNC1. The highest BCUT2D eigenvalue weighted by Gasteiger charge is 2.20. The predicted octanol–water partition coefficient (Wildman–Crippen LogP) is 2.11. The van der Waals surface area contributed by atoms with Gasteiger partial charge in [0.05, 0.1) is 5.76 Å². The largest absolute Gasteiger partial charge is 0.547 e. The summed E-state index contributed by atoms with van der Waals surface area (Å²) in [5.41, 5.74) is 1.38. The lowest BCUT2D eigenvalue weighted by Gasteiger charge is -2.26. The van der Waals surface area contributed by atoms with Crippen LogP contribution in [0.5, 0.6) is 0 Å². The summed E-state index contributed by atoms with van der Waals surface area (Å²) in [6, 6.07) is 0. The molecule has 0 aromatic rings. The van der Waals surface area contributed by atoms with Gasteiger partial charge in [0.2, 0.25) is 8.32 Å². The summed E-state index contributed by atoms with van der Waals surface area (Å²) in [5.74, 6) is 1.24. The smallest absolute Gasteiger partial charge is 0.241 e. The summed E-state index contributed by atoms with van der Waals surface area (Å²) < 4.78 is 5.97. The van der Waals surface area contributed by atoms with Gasteiger partial charge in [-0.2, -0.15) is 0 Å². The van der Waals surface area contributed by atoms with Gasteiger partial charge in [0.15, 0.2) is 0 Å². The molecule has 2 nitrogen and oxygen atoms in total.